The third-order valence-corrected chi connectivity index (χ3v) is 4.25. The van der Waals surface area contributed by atoms with E-state index in [-0.39, 0.29) is 55.3 Å². The van der Waals surface area contributed by atoms with E-state index in [1.54, 1.807) is 27.7 Å². The lowest BCUT2D eigenvalue weighted by Gasteiger charge is -2.19. The number of carboxylic acid groups (broad SMARTS) is 1. The summed E-state index contributed by atoms with van der Waals surface area (Å²) in [7, 11) is 5.23. The van der Waals surface area contributed by atoms with Crippen molar-refractivity contribution in [2.75, 3.05) is 41.7 Å². The highest BCUT2D eigenvalue weighted by molar-refractivity contribution is 5.70. The topological polar surface area (TPSA) is 214 Å². The molecule has 0 spiro atoms. The van der Waals surface area contributed by atoms with Gasteiger partial charge in [-0.1, -0.05) is 62.8 Å². The Morgan fingerprint density at radius 3 is 1.04 bits per heavy atom. The molecule has 0 aromatic carbocycles. The van der Waals surface area contributed by atoms with Gasteiger partial charge in [-0.05, 0) is 24.7 Å². The summed E-state index contributed by atoms with van der Waals surface area (Å²) in [6.07, 6.45) is -0.864. The Labute approximate surface area is 292 Å². The minimum absolute atomic E-state index is 0. The third-order valence-electron chi connectivity index (χ3n) is 4.25. The molecule has 49 heavy (non-hydrogen) atoms. The quantitative estimate of drug-likeness (QED) is 0.198. The van der Waals surface area contributed by atoms with Gasteiger partial charge in [-0.25, -0.2) is 9.59 Å². The van der Waals surface area contributed by atoms with E-state index in [9.17, 15) is 28.8 Å². The summed E-state index contributed by atoms with van der Waals surface area (Å²) in [4.78, 5) is 72.8. The van der Waals surface area contributed by atoms with Crippen molar-refractivity contribution in [3.05, 3.63) is 0 Å². The van der Waals surface area contributed by atoms with Gasteiger partial charge in [0.1, 0.15) is 25.4 Å². The fourth-order valence-corrected chi connectivity index (χ4v) is 2.21. The van der Waals surface area contributed by atoms with Crippen LogP contribution in [0, 0.1) is 10.8 Å². The molecule has 0 aliphatic heterocycles. The van der Waals surface area contributed by atoms with E-state index in [0.717, 1.165) is 6.92 Å². The van der Waals surface area contributed by atoms with Gasteiger partial charge in [-0.15, -0.1) is 0 Å². The zero-order chi connectivity index (χ0) is 39.1. The molecule has 292 valence electrons. The van der Waals surface area contributed by atoms with E-state index in [1.165, 1.54) is 28.4 Å². The summed E-state index contributed by atoms with van der Waals surface area (Å²) in [6.45, 7) is 19.7. The Morgan fingerprint density at radius 2 is 0.837 bits per heavy atom. The van der Waals surface area contributed by atoms with Gasteiger partial charge in [0, 0.05) is 19.8 Å². The van der Waals surface area contributed by atoms with Crippen LogP contribution >= 0.6 is 0 Å². The van der Waals surface area contributed by atoms with Crippen molar-refractivity contribution in [2.24, 2.45) is 10.8 Å². The standard InChI is InChI=1S/C11H20O5.C8H14O5.C7H14O2.C4H8O2.C2H4O2.CH4/c1-8(7-15-10(13)14-5)16-9(12)6-11(2,3)4;1-4-7(9)13-6(2)5-12-8(10)11-3;1-7(2,3)5-6(8)9-4;1-3-4(5)6-2;1-2(3)4;/h8H,6-7H2,1-5H3;6H,4-5H2,1-3H3;5H2,1-4H3;3H2,1-2H3;1H3,(H,3,4);1H4. The molecule has 0 aliphatic rings. The van der Waals surface area contributed by atoms with Crippen LogP contribution in [0.4, 0.5) is 9.59 Å². The lowest BCUT2D eigenvalue weighted by molar-refractivity contribution is -0.152. The van der Waals surface area contributed by atoms with E-state index >= 15 is 0 Å². The zero-order valence-corrected chi connectivity index (χ0v) is 31.5. The van der Waals surface area contributed by atoms with Crippen LogP contribution in [-0.4, -0.2) is 101 Å². The second kappa shape index (κ2) is 33.8. The van der Waals surface area contributed by atoms with Crippen LogP contribution in [0.15, 0.2) is 0 Å². The fraction of sp³-hybridized carbons (Fsp3) is 0.788. The van der Waals surface area contributed by atoms with Crippen LogP contribution in [0.25, 0.3) is 0 Å². The molecule has 1 N–H and O–H groups in total. The number of methoxy groups -OCH3 is 4. The molecule has 0 amide bonds. The van der Waals surface area contributed by atoms with Crippen molar-refractivity contribution in [1.82, 2.24) is 0 Å². The molecule has 0 bridgehead atoms. The molecule has 2 unspecified atom stereocenters. The van der Waals surface area contributed by atoms with Gasteiger partial charge >= 0.3 is 36.2 Å². The van der Waals surface area contributed by atoms with Gasteiger partial charge in [0.15, 0.2) is 0 Å². The Kier molecular flexibility index (Phi) is 39.4. The van der Waals surface area contributed by atoms with Crippen molar-refractivity contribution in [3.63, 3.8) is 0 Å². The normalized spacial score (nSPS) is 10.8. The predicted molar refractivity (Wildman–Crippen MR) is 181 cm³/mol. The van der Waals surface area contributed by atoms with Gasteiger partial charge in [-0.3, -0.25) is 24.0 Å². The SMILES string of the molecule is C.CC(=O)O.CCC(=O)OC.CCC(=O)OC(C)COC(=O)OC.COC(=O)CC(C)(C)C.COC(=O)OCC(C)OC(=O)CC(C)(C)C. The van der Waals surface area contributed by atoms with Crippen LogP contribution in [0.5, 0.6) is 0 Å². The highest BCUT2D eigenvalue weighted by Crippen LogP contribution is 2.19. The summed E-state index contributed by atoms with van der Waals surface area (Å²) in [5.74, 6) is -1.74. The first-order valence-electron chi connectivity index (χ1n) is 15.0. The first-order valence-corrected chi connectivity index (χ1v) is 15.0. The average molecular weight is 717 g/mol. The Bertz CT molecular complexity index is 907. The molecule has 0 radical (unpaired) electrons. The molecule has 0 aliphatic carbocycles. The molecule has 16 nitrogen and oxygen atoms in total. The number of rotatable bonds is 10. The minimum atomic E-state index is -0.833. The first-order chi connectivity index (χ1) is 21.8. The van der Waals surface area contributed by atoms with E-state index < -0.39 is 30.5 Å². The molecule has 0 saturated heterocycles. The second-order valence-corrected chi connectivity index (χ2v) is 12.0. The molecule has 0 saturated carbocycles. The van der Waals surface area contributed by atoms with Gasteiger partial charge < -0.3 is 43.0 Å². The molecular formula is C33H64O16. The molecule has 0 aromatic rings. The van der Waals surface area contributed by atoms with Gasteiger partial charge in [0.05, 0.1) is 41.3 Å². The number of hydrogen-bond donors (Lipinski definition) is 1. The average Bonchev–Trinajstić information content (AvgIpc) is 2.96. The maximum absolute atomic E-state index is 11.4. The van der Waals surface area contributed by atoms with E-state index in [2.05, 4.69) is 28.4 Å². The molecule has 16 heteroatoms. The van der Waals surface area contributed by atoms with Crippen LogP contribution in [0.3, 0.4) is 0 Å². The number of carbonyl (C=O) groups excluding carboxylic acids is 6. The number of ether oxygens (including phenoxy) is 8. The van der Waals surface area contributed by atoms with Crippen molar-refractivity contribution < 1.29 is 76.6 Å². The molecule has 0 heterocycles. The monoisotopic (exact) mass is 716 g/mol. The zero-order valence-electron chi connectivity index (χ0n) is 31.5. The summed E-state index contributed by atoms with van der Waals surface area (Å²) in [6, 6.07) is 0. The summed E-state index contributed by atoms with van der Waals surface area (Å²) >= 11 is 0. The number of esters is 4. The lowest BCUT2D eigenvalue weighted by atomic mass is 9.92. The second-order valence-electron chi connectivity index (χ2n) is 12.0. The van der Waals surface area contributed by atoms with Crippen LogP contribution in [0.2, 0.25) is 0 Å². The predicted octanol–water partition coefficient (Wildman–Crippen LogP) is 6.14. The largest absolute Gasteiger partial charge is 0.508 e. The van der Waals surface area contributed by atoms with Crippen molar-refractivity contribution >= 4 is 42.2 Å². The molecule has 2 atom stereocenters. The molecular weight excluding hydrogens is 652 g/mol. The lowest BCUT2D eigenvalue weighted by Crippen LogP contribution is -2.24. The Hall–Kier alpha value is -4.11. The Balaban J connectivity index is -0.000000126. The molecule has 0 fully saturated rings. The van der Waals surface area contributed by atoms with E-state index in [1.807, 2.05) is 41.5 Å². The fourth-order valence-electron chi connectivity index (χ4n) is 2.21. The maximum atomic E-state index is 11.4. The maximum Gasteiger partial charge on any atom is 0.508 e. The summed E-state index contributed by atoms with van der Waals surface area (Å²) in [5.41, 5.74) is -0.0624. The van der Waals surface area contributed by atoms with Gasteiger partial charge in [0.2, 0.25) is 0 Å². The Morgan fingerprint density at radius 1 is 0.551 bits per heavy atom. The highest BCUT2D eigenvalue weighted by Gasteiger charge is 2.19. The summed E-state index contributed by atoms with van der Waals surface area (Å²) < 4.78 is 36.3. The van der Waals surface area contributed by atoms with Gasteiger partial charge in [0.25, 0.3) is 5.97 Å². The van der Waals surface area contributed by atoms with Crippen molar-refractivity contribution in [3.8, 4) is 0 Å². The van der Waals surface area contributed by atoms with Crippen molar-refractivity contribution in [2.45, 2.75) is 121 Å². The number of carbonyl (C=O) groups is 7. The minimum Gasteiger partial charge on any atom is -0.481 e. The van der Waals surface area contributed by atoms with E-state index in [0.29, 0.717) is 25.7 Å². The number of aliphatic carboxylic acids is 1. The first kappa shape index (κ1) is 57.2. The molecule has 0 aromatic heterocycles. The third kappa shape index (κ3) is 59.8. The van der Waals surface area contributed by atoms with Crippen LogP contribution < -0.4 is 0 Å². The van der Waals surface area contributed by atoms with Gasteiger partial charge in [-0.2, -0.15) is 0 Å². The van der Waals surface area contributed by atoms with Crippen molar-refractivity contribution in [1.29, 1.82) is 0 Å². The van der Waals surface area contributed by atoms with Crippen LogP contribution in [0.1, 0.15) is 109 Å². The highest BCUT2D eigenvalue weighted by atomic mass is 16.7. The van der Waals surface area contributed by atoms with Crippen LogP contribution in [-0.2, 0) is 61.9 Å². The number of carboxylic acids is 1. The number of hydrogen-bond acceptors (Lipinski definition) is 15. The smallest absolute Gasteiger partial charge is 0.481 e. The summed E-state index contributed by atoms with van der Waals surface area (Å²) in [5, 5.41) is 7.42. The molecule has 0 rings (SSSR count). The van der Waals surface area contributed by atoms with E-state index in [4.69, 9.17) is 19.4 Å².